The third-order valence-corrected chi connectivity index (χ3v) is 5.98. The van der Waals surface area contributed by atoms with E-state index in [1.807, 2.05) is 6.07 Å². The number of piperidine rings is 1. The molecular weight excluding hydrogens is 327 g/mol. The maximum absolute atomic E-state index is 12.0. The van der Waals surface area contributed by atoms with Crippen molar-refractivity contribution >= 4 is 40.4 Å². The van der Waals surface area contributed by atoms with Crippen LogP contribution in [0.4, 0.5) is 0 Å². The number of carbonyl (C=O) groups excluding carboxylic acids is 1. The van der Waals surface area contributed by atoms with E-state index in [4.69, 9.17) is 23.2 Å². The standard InChI is InChI=1S/C15H20Cl2N2OS/c16-13-6-9(15(17)21-13)2-1-3-14(20)19-12-7-10-4-5-11(8-12)18-10/h6,10-12,18H,1-5,7-8H2,(H,19,20). The van der Waals surface area contributed by atoms with E-state index >= 15 is 0 Å². The summed E-state index contributed by atoms with van der Waals surface area (Å²) in [6, 6.07) is 3.48. The van der Waals surface area contributed by atoms with Crippen molar-refractivity contribution in [2.45, 2.75) is 63.1 Å². The molecule has 0 radical (unpaired) electrons. The molecule has 1 amide bonds. The van der Waals surface area contributed by atoms with Crippen molar-refractivity contribution in [2.24, 2.45) is 0 Å². The highest BCUT2D eigenvalue weighted by atomic mass is 35.5. The highest BCUT2D eigenvalue weighted by Gasteiger charge is 2.33. The Morgan fingerprint density at radius 2 is 2.05 bits per heavy atom. The van der Waals surface area contributed by atoms with E-state index in [1.165, 1.54) is 24.2 Å². The minimum absolute atomic E-state index is 0.166. The molecule has 6 heteroatoms. The van der Waals surface area contributed by atoms with Gasteiger partial charge < -0.3 is 10.6 Å². The smallest absolute Gasteiger partial charge is 0.220 e. The Bertz CT molecular complexity index is 508. The normalized spacial score (nSPS) is 27.8. The van der Waals surface area contributed by atoms with Crippen LogP contribution in [0.15, 0.2) is 6.07 Å². The summed E-state index contributed by atoms with van der Waals surface area (Å²) in [6.45, 7) is 0. The van der Waals surface area contributed by atoms with Crippen LogP contribution in [0.1, 0.15) is 44.1 Å². The molecule has 2 aliphatic heterocycles. The minimum atomic E-state index is 0.166. The van der Waals surface area contributed by atoms with Crippen LogP contribution in [0.3, 0.4) is 0 Å². The van der Waals surface area contributed by atoms with Crippen molar-refractivity contribution in [1.82, 2.24) is 10.6 Å². The predicted molar refractivity (Wildman–Crippen MR) is 88.4 cm³/mol. The first-order chi connectivity index (χ1) is 10.1. The fourth-order valence-electron chi connectivity index (χ4n) is 3.46. The number of nitrogens with one attached hydrogen (secondary N) is 2. The van der Waals surface area contributed by atoms with Crippen LogP contribution in [0.5, 0.6) is 0 Å². The molecule has 3 heterocycles. The number of rotatable bonds is 5. The molecule has 2 aliphatic rings. The number of hydrogen-bond acceptors (Lipinski definition) is 3. The van der Waals surface area contributed by atoms with E-state index in [-0.39, 0.29) is 5.91 Å². The fourth-order valence-corrected chi connectivity index (χ4v) is 5.00. The van der Waals surface area contributed by atoms with Crippen molar-refractivity contribution in [3.63, 3.8) is 0 Å². The molecule has 2 fully saturated rings. The van der Waals surface area contributed by atoms with Crippen LogP contribution >= 0.6 is 34.5 Å². The molecule has 2 N–H and O–H groups in total. The molecule has 1 aromatic rings. The molecule has 116 valence electrons. The Morgan fingerprint density at radius 1 is 1.33 bits per heavy atom. The second kappa shape index (κ2) is 6.86. The SMILES string of the molecule is O=C(CCCc1cc(Cl)sc1Cl)NC1CC2CCC(C1)N2. The lowest BCUT2D eigenvalue weighted by molar-refractivity contribution is -0.122. The number of carbonyl (C=O) groups is 1. The van der Waals surface area contributed by atoms with E-state index in [0.29, 0.717) is 28.9 Å². The van der Waals surface area contributed by atoms with E-state index < -0.39 is 0 Å². The van der Waals surface area contributed by atoms with Gasteiger partial charge in [0.25, 0.3) is 0 Å². The van der Waals surface area contributed by atoms with Crippen molar-refractivity contribution in [1.29, 1.82) is 0 Å². The third kappa shape index (κ3) is 4.13. The van der Waals surface area contributed by atoms with Crippen LogP contribution in [0.2, 0.25) is 8.67 Å². The summed E-state index contributed by atoms with van der Waals surface area (Å²) in [5, 5.41) is 6.78. The van der Waals surface area contributed by atoms with E-state index in [9.17, 15) is 4.79 Å². The summed E-state index contributed by atoms with van der Waals surface area (Å²) < 4.78 is 1.46. The van der Waals surface area contributed by atoms with Gasteiger partial charge in [-0.3, -0.25) is 4.79 Å². The number of aryl methyl sites for hydroxylation is 1. The molecule has 1 aromatic heterocycles. The minimum Gasteiger partial charge on any atom is -0.353 e. The maximum Gasteiger partial charge on any atom is 0.220 e. The molecule has 21 heavy (non-hydrogen) atoms. The monoisotopic (exact) mass is 346 g/mol. The molecule has 2 unspecified atom stereocenters. The van der Waals surface area contributed by atoms with Gasteiger partial charge in [-0.2, -0.15) is 0 Å². The van der Waals surface area contributed by atoms with Gasteiger partial charge in [0.2, 0.25) is 5.91 Å². The first kappa shape index (κ1) is 15.6. The summed E-state index contributed by atoms with van der Waals surface area (Å²) in [4.78, 5) is 12.0. The number of fused-ring (bicyclic) bond motifs is 2. The molecule has 3 rings (SSSR count). The van der Waals surface area contributed by atoms with Gasteiger partial charge >= 0.3 is 0 Å². The lowest BCUT2D eigenvalue weighted by atomic mass is 9.99. The molecule has 0 aromatic carbocycles. The van der Waals surface area contributed by atoms with Crippen molar-refractivity contribution in [3.8, 4) is 0 Å². The first-order valence-corrected chi connectivity index (χ1v) is 9.16. The van der Waals surface area contributed by atoms with Gasteiger partial charge in [-0.15, -0.1) is 11.3 Å². The van der Waals surface area contributed by atoms with E-state index in [2.05, 4.69) is 10.6 Å². The second-order valence-electron chi connectivity index (χ2n) is 6.08. The number of halogens is 2. The van der Waals surface area contributed by atoms with E-state index in [0.717, 1.165) is 35.6 Å². The van der Waals surface area contributed by atoms with Crippen molar-refractivity contribution in [2.75, 3.05) is 0 Å². The summed E-state index contributed by atoms with van der Waals surface area (Å²) in [7, 11) is 0. The van der Waals surface area contributed by atoms with Gasteiger partial charge in [-0.25, -0.2) is 0 Å². The van der Waals surface area contributed by atoms with Gasteiger partial charge in [0, 0.05) is 24.5 Å². The largest absolute Gasteiger partial charge is 0.353 e. The van der Waals surface area contributed by atoms with Crippen molar-refractivity contribution < 1.29 is 4.79 Å². The van der Waals surface area contributed by atoms with Gasteiger partial charge in [0.15, 0.2) is 0 Å². The quantitative estimate of drug-likeness (QED) is 0.851. The molecule has 2 saturated heterocycles. The van der Waals surface area contributed by atoms with Gasteiger partial charge in [-0.05, 0) is 50.2 Å². The predicted octanol–water partition coefficient (Wildman–Crippen LogP) is 3.78. The summed E-state index contributed by atoms with van der Waals surface area (Å²) >= 11 is 13.4. The fraction of sp³-hybridized carbons (Fsp3) is 0.667. The highest BCUT2D eigenvalue weighted by Crippen LogP contribution is 2.32. The van der Waals surface area contributed by atoms with Crippen LogP contribution in [-0.4, -0.2) is 24.0 Å². The molecular formula is C15H20Cl2N2OS. The Morgan fingerprint density at radius 3 is 2.67 bits per heavy atom. The van der Waals surface area contributed by atoms with Crippen molar-refractivity contribution in [3.05, 3.63) is 20.3 Å². The Labute approximate surface area is 139 Å². The lowest BCUT2D eigenvalue weighted by Gasteiger charge is -2.29. The van der Waals surface area contributed by atoms with E-state index in [1.54, 1.807) is 0 Å². The summed E-state index contributed by atoms with van der Waals surface area (Å²) in [5.74, 6) is 0.166. The topological polar surface area (TPSA) is 41.1 Å². The van der Waals surface area contributed by atoms with Gasteiger partial charge in [0.1, 0.15) is 0 Å². The average Bonchev–Trinajstić information content (AvgIpc) is 2.92. The van der Waals surface area contributed by atoms with Gasteiger partial charge in [-0.1, -0.05) is 23.2 Å². The lowest BCUT2D eigenvalue weighted by Crippen LogP contribution is -2.48. The number of amides is 1. The zero-order valence-electron chi connectivity index (χ0n) is 11.8. The maximum atomic E-state index is 12.0. The molecule has 3 nitrogen and oxygen atoms in total. The average molecular weight is 347 g/mol. The highest BCUT2D eigenvalue weighted by molar-refractivity contribution is 7.20. The Kier molecular flexibility index (Phi) is 5.10. The zero-order chi connectivity index (χ0) is 14.8. The number of hydrogen-bond donors (Lipinski definition) is 2. The molecule has 0 saturated carbocycles. The van der Waals surface area contributed by atoms with Crippen LogP contribution in [0.25, 0.3) is 0 Å². The Balaban J connectivity index is 1.39. The molecule has 2 bridgehead atoms. The zero-order valence-corrected chi connectivity index (χ0v) is 14.2. The summed E-state index contributed by atoms with van der Waals surface area (Å²) in [5.41, 5.74) is 1.05. The van der Waals surface area contributed by atoms with Gasteiger partial charge in [0.05, 0.1) is 8.67 Å². The summed E-state index contributed by atoms with van der Waals surface area (Å²) in [6.07, 6.45) is 6.86. The van der Waals surface area contributed by atoms with Crippen LogP contribution in [-0.2, 0) is 11.2 Å². The second-order valence-corrected chi connectivity index (χ2v) is 8.36. The van der Waals surface area contributed by atoms with Crippen LogP contribution in [0, 0.1) is 0 Å². The molecule has 2 atom stereocenters. The van der Waals surface area contributed by atoms with Crippen LogP contribution < -0.4 is 10.6 Å². The molecule has 0 aliphatic carbocycles. The Hall–Kier alpha value is -0.290. The third-order valence-electron chi connectivity index (χ3n) is 4.42. The number of thiophene rings is 1. The first-order valence-electron chi connectivity index (χ1n) is 7.59. The molecule has 0 spiro atoms.